The van der Waals surface area contributed by atoms with Crippen molar-refractivity contribution in [2.24, 2.45) is 42.3 Å². The molecule has 0 atom stereocenters. The van der Waals surface area contributed by atoms with E-state index >= 15 is 0 Å². The van der Waals surface area contributed by atoms with Gasteiger partial charge in [-0.1, -0.05) is 121 Å². The summed E-state index contributed by atoms with van der Waals surface area (Å²) in [5, 5.41) is 0. The number of aromatic nitrogens is 18. The van der Waals surface area contributed by atoms with Crippen LogP contribution in [0, 0.1) is 104 Å². The van der Waals surface area contributed by atoms with Crippen LogP contribution < -0.4 is 0 Å². The van der Waals surface area contributed by atoms with Crippen LogP contribution in [0.2, 0.25) is 0 Å². The zero-order valence-corrected chi connectivity index (χ0v) is 95.7. The summed E-state index contributed by atoms with van der Waals surface area (Å²) in [5.41, 5.74) is 28.6. The van der Waals surface area contributed by atoms with Crippen LogP contribution in [0.3, 0.4) is 0 Å². The van der Waals surface area contributed by atoms with Crippen molar-refractivity contribution < 1.29 is 121 Å². The van der Waals surface area contributed by atoms with Crippen LogP contribution >= 0.6 is 0 Å². The van der Waals surface area contributed by atoms with Crippen LogP contribution in [-0.4, -0.2) is 84.7 Å². The van der Waals surface area contributed by atoms with Crippen molar-refractivity contribution in [3.8, 4) is 147 Å². The van der Waals surface area contributed by atoms with E-state index in [9.17, 15) is 0 Å². The maximum atomic E-state index is 7.36. The van der Waals surface area contributed by atoms with Gasteiger partial charge in [-0.05, 0) is 62.1 Å². The number of hydrogen-bond acceptors (Lipinski definition) is 6. The van der Waals surface area contributed by atoms with E-state index in [1.54, 1.807) is 110 Å². The average Bonchev–Trinajstić information content (AvgIpc) is 1.60. The minimum atomic E-state index is 0. The zero-order chi connectivity index (χ0) is 98.9. The number of benzene rings is 10. The monoisotopic (exact) mass is 3000 g/mol. The second kappa shape index (κ2) is 52.2. The molecule has 0 saturated heterocycles. The number of hydrogen-bond donors (Lipinski definition) is 0. The van der Waals surface area contributed by atoms with Crippen molar-refractivity contribution in [2.45, 2.75) is 27.7 Å². The van der Waals surface area contributed by atoms with Gasteiger partial charge < -0.3 is 54.8 Å². The molecule has 12 heterocycles. The summed E-state index contributed by atoms with van der Waals surface area (Å²) in [6.45, 7) is 51.4. The van der Waals surface area contributed by atoms with Crippen LogP contribution in [0.15, 0.2) is 367 Å². The van der Waals surface area contributed by atoms with Crippen molar-refractivity contribution in [1.82, 2.24) is 84.7 Å². The maximum absolute atomic E-state index is 7.36. The van der Waals surface area contributed by atoms with E-state index in [1.807, 2.05) is 197 Å². The summed E-state index contributed by atoms with van der Waals surface area (Å²) in [6.07, 6.45) is 38.9. The number of imidazole rings is 6. The van der Waals surface area contributed by atoms with Gasteiger partial charge in [-0.15, -0.1) is 143 Å². The largest absolute Gasteiger partial charge is 0.355 e. The molecule has 0 spiro atoms. The SMILES string of the molecule is [C-]#[N+]c1cc[c-]c(-c2nccn2-c2c(-c3ccccc3)cn(C)c2-c2ccccc2)c1.[C-]#[N+]c1cc[c-]c(-c2nccn2-c2c(C)cn(C)c2C)c1.[C-]#[N+]c1cc[c-]c(-c2nccn2-c2ccn(C)c2-c2ccccc2)c1.[C-]#[N+]c1cc[c-]c(-c2nccn2-c2ccn(C)c2C)c1.[C-]#[N+]c1cc[c-]c(-c2nccn2-c2cn(C)cc2-c2ccccc2)c1.[C-]#[N+]c1cc[c-]c(-c2nccn2-c2cn(C)cc2C)c1.[Ir].[Ir].[Ir].[Ir].[Ir].[Ir]. The van der Waals surface area contributed by atoms with Gasteiger partial charge in [0.15, 0.2) is 0 Å². The molecule has 148 heavy (non-hydrogen) atoms. The first-order valence-corrected chi connectivity index (χ1v) is 45.0. The van der Waals surface area contributed by atoms with Crippen molar-refractivity contribution in [1.29, 1.82) is 0 Å². The predicted molar refractivity (Wildman–Crippen MR) is 559 cm³/mol. The molecular weight excluding hydrogens is 2910 g/mol. The van der Waals surface area contributed by atoms with Gasteiger partial charge in [-0.3, -0.25) is 59.0 Å². The van der Waals surface area contributed by atoms with Gasteiger partial charge in [0, 0.05) is 320 Å². The summed E-state index contributed by atoms with van der Waals surface area (Å²) in [7, 11) is 12.2. The van der Waals surface area contributed by atoms with Gasteiger partial charge in [0.05, 0.1) is 120 Å². The van der Waals surface area contributed by atoms with Gasteiger partial charge in [0.1, 0.15) is 34.1 Å². The Balaban J connectivity index is 0.000000168. The average molecular weight is 3000 g/mol. The molecule has 0 N–H and O–H groups in total. The van der Waals surface area contributed by atoms with E-state index in [0.29, 0.717) is 34.1 Å². The molecule has 6 radical (unpaired) electrons. The molecule has 0 bridgehead atoms. The Morgan fingerprint density at radius 2 is 0.534 bits per heavy atom. The first kappa shape index (κ1) is 112. The molecule has 0 aliphatic carbocycles. The summed E-state index contributed by atoms with van der Waals surface area (Å²) in [5.74, 6) is 4.70. The molecule has 24 nitrogen and oxygen atoms in total. The van der Waals surface area contributed by atoms with Gasteiger partial charge in [0.2, 0.25) is 0 Å². The fraction of sp³-hybridized carbons (Fsp3) is 0.0847. The van der Waals surface area contributed by atoms with E-state index in [2.05, 4.69) is 280 Å². The third kappa shape index (κ3) is 25.0. The summed E-state index contributed by atoms with van der Waals surface area (Å²) in [4.78, 5) is 47.9. The molecule has 0 amide bonds. The normalized spacial score (nSPS) is 10.1. The van der Waals surface area contributed by atoms with Crippen LogP contribution in [-0.2, 0) is 163 Å². The standard InChI is InChI=1S/C27H19N4.2C21H15N4.C17H15N4.2C16H13N4.6Ir/c1-28-23-15-9-14-22(18-23)27-29-16-17-31(27)26-24(20-10-5-3-6-11-20)19-30(2)25(26)21-12-7-4-8-13-21;1-22-18-10-6-9-17(15-18)21-23-12-14-25(21)19-11-13-24(2)20(19)16-7-4-3-5-8-16;1-22-18-10-6-9-17(13-18)21-23-11-12-25(21)20-15-24(2)14-19(20)16-7-4-3-5-8-16;1-12-11-20(4)13(2)16(12)21-9-8-19-17(21)14-6-5-7-15(10-14)18-3;1-12-15(7-9-19(12)3)20-10-8-18-16(20)13-5-4-6-14(11-13)17-2;1-12-10-19(3)11-15(12)20-8-7-18-16(20)13-5-4-6-14(9-13)17-2;;;;;;/h3-13,15-19H,2H3;2*3-8,10-15H,2H3;5,7-11H,1-2,4H3;2*4,6-11H,1,3H3;;;;;;/q6*-1;;;;;;. The Labute approximate surface area is 941 Å². The first-order chi connectivity index (χ1) is 69.3. The Morgan fingerprint density at radius 3 is 0.872 bits per heavy atom. The third-order valence-corrected chi connectivity index (χ3v) is 23.8. The molecule has 30 heteroatoms. The Bertz CT molecular complexity index is 8350. The Morgan fingerprint density at radius 1 is 0.236 bits per heavy atom. The molecule has 22 aromatic rings. The number of nitrogens with zero attached hydrogens (tertiary/aromatic N) is 24. The molecule has 742 valence electrons. The minimum absolute atomic E-state index is 0. The van der Waals surface area contributed by atoms with Crippen molar-refractivity contribution in [2.75, 3.05) is 0 Å². The molecule has 0 aliphatic heterocycles. The molecule has 10 aromatic carbocycles. The van der Waals surface area contributed by atoms with Gasteiger partial charge in [0.25, 0.3) is 0 Å². The molecule has 22 rings (SSSR count). The van der Waals surface area contributed by atoms with Gasteiger partial charge in [-0.2, -0.15) is 36.4 Å². The van der Waals surface area contributed by atoms with Crippen LogP contribution in [0.1, 0.15) is 22.5 Å². The summed E-state index contributed by atoms with van der Waals surface area (Å²) < 4.78 is 24.8. The van der Waals surface area contributed by atoms with E-state index in [-0.39, 0.29) is 121 Å². The fourth-order valence-electron chi connectivity index (χ4n) is 17.0. The molecular formula is C118H90Ir6N24-6. The summed E-state index contributed by atoms with van der Waals surface area (Å²) in [6, 6.07) is 96.6. The topological polar surface area (TPSA) is 163 Å². The van der Waals surface area contributed by atoms with Gasteiger partial charge >= 0.3 is 0 Å². The van der Waals surface area contributed by atoms with Crippen LogP contribution in [0.4, 0.5) is 34.1 Å². The Kier molecular flexibility index (Phi) is 39.6. The number of aryl methyl sites for hydroxylation is 8. The molecule has 12 aromatic heterocycles. The van der Waals surface area contributed by atoms with Crippen molar-refractivity contribution in [3.63, 3.8) is 0 Å². The van der Waals surface area contributed by atoms with E-state index < -0.39 is 0 Å². The quantitative estimate of drug-likeness (QED) is 0.0875. The predicted octanol–water partition coefficient (Wildman–Crippen LogP) is 27.3. The molecule has 0 fully saturated rings. The fourth-order valence-corrected chi connectivity index (χ4v) is 17.0. The summed E-state index contributed by atoms with van der Waals surface area (Å²) >= 11 is 0. The van der Waals surface area contributed by atoms with E-state index in [0.717, 1.165) is 153 Å². The maximum Gasteiger partial charge on any atom is 0.109 e. The minimum Gasteiger partial charge on any atom is -0.355 e. The van der Waals surface area contributed by atoms with Crippen LogP contribution in [0.5, 0.6) is 0 Å². The third-order valence-electron chi connectivity index (χ3n) is 23.8. The first-order valence-electron chi connectivity index (χ1n) is 45.0. The zero-order valence-electron chi connectivity index (χ0n) is 81.4. The smallest absolute Gasteiger partial charge is 0.109 e. The van der Waals surface area contributed by atoms with Crippen molar-refractivity contribution >= 4 is 34.1 Å². The number of rotatable bonds is 16. The molecule has 0 saturated carbocycles. The van der Waals surface area contributed by atoms with E-state index in [1.165, 1.54) is 16.8 Å². The Hall–Kier alpha value is -16.0. The van der Waals surface area contributed by atoms with E-state index in [4.69, 9.17) is 39.4 Å². The second-order valence-corrected chi connectivity index (χ2v) is 33.1. The second-order valence-electron chi connectivity index (χ2n) is 33.1. The van der Waals surface area contributed by atoms with Crippen LogP contribution in [0.25, 0.3) is 176 Å². The van der Waals surface area contributed by atoms with Crippen molar-refractivity contribution in [3.05, 3.63) is 494 Å². The van der Waals surface area contributed by atoms with Gasteiger partial charge in [-0.25, -0.2) is 0 Å². The molecule has 0 aliphatic rings. The molecule has 0 unspecified atom stereocenters.